The lowest BCUT2D eigenvalue weighted by Crippen LogP contribution is -1.90. The summed E-state index contributed by atoms with van der Waals surface area (Å²) in [7, 11) is 3.63. The molecule has 0 bridgehead atoms. The molecule has 0 atom stereocenters. The van der Waals surface area contributed by atoms with E-state index in [-0.39, 0.29) is 15.7 Å². The topological polar surface area (TPSA) is 87.2 Å². The molecule has 4 heterocycles. The van der Waals surface area contributed by atoms with Crippen LogP contribution in [-0.4, -0.2) is 39.0 Å². The second kappa shape index (κ2) is 6.64. The molecule has 0 aliphatic carbocycles. The van der Waals surface area contributed by atoms with Crippen molar-refractivity contribution in [1.29, 1.82) is 0 Å². The molecule has 0 N–H and O–H groups in total. The molecule has 12 heteroatoms. The molecule has 124 valence electrons. The Morgan fingerprint density at radius 2 is 1.38 bits per heavy atom. The van der Waals surface area contributed by atoms with Crippen molar-refractivity contribution in [1.82, 2.24) is 39.0 Å². The van der Waals surface area contributed by atoms with Gasteiger partial charge < -0.3 is 9.13 Å². The number of imidazole rings is 2. The minimum Gasteiger partial charge on any atom is -0.330 e. The largest absolute Gasteiger partial charge is 0.330 e. The third-order valence-electron chi connectivity index (χ3n) is 2.99. The summed E-state index contributed by atoms with van der Waals surface area (Å²) < 4.78 is 3.47. The molecular formula is C12H8Cl4N8. The van der Waals surface area contributed by atoms with E-state index in [4.69, 9.17) is 46.4 Å². The van der Waals surface area contributed by atoms with Gasteiger partial charge in [-0.05, 0) is 23.2 Å². The average molecular weight is 406 g/mol. The van der Waals surface area contributed by atoms with Gasteiger partial charge in [0.15, 0.2) is 21.6 Å². The van der Waals surface area contributed by atoms with Gasteiger partial charge in [-0.15, -0.1) is 0 Å². The van der Waals surface area contributed by atoms with Crippen LogP contribution in [0.2, 0.25) is 20.9 Å². The van der Waals surface area contributed by atoms with Gasteiger partial charge in [-0.2, -0.15) is 9.97 Å². The Morgan fingerprint density at radius 3 is 2.12 bits per heavy atom. The molecule has 0 aromatic carbocycles. The predicted molar refractivity (Wildman–Crippen MR) is 92.6 cm³/mol. The summed E-state index contributed by atoms with van der Waals surface area (Å²) in [5.74, 6) is 0. The smallest absolute Gasteiger partial charge is 0.225 e. The molecular weight excluding hydrogens is 398 g/mol. The van der Waals surface area contributed by atoms with Crippen LogP contribution >= 0.6 is 46.4 Å². The summed E-state index contributed by atoms with van der Waals surface area (Å²) >= 11 is 22.8. The highest BCUT2D eigenvalue weighted by Crippen LogP contribution is 2.20. The zero-order valence-electron chi connectivity index (χ0n) is 12.2. The monoisotopic (exact) mass is 404 g/mol. The third-order valence-corrected chi connectivity index (χ3v) is 3.86. The molecule has 0 aliphatic rings. The lowest BCUT2D eigenvalue weighted by molar-refractivity contribution is 0.928. The number of aryl methyl sites for hydroxylation is 2. The van der Waals surface area contributed by atoms with Gasteiger partial charge >= 0.3 is 0 Å². The third kappa shape index (κ3) is 3.23. The summed E-state index contributed by atoms with van der Waals surface area (Å²) in [6, 6.07) is 0. The van der Waals surface area contributed by atoms with Crippen LogP contribution in [0.3, 0.4) is 0 Å². The van der Waals surface area contributed by atoms with Crippen molar-refractivity contribution in [3.63, 3.8) is 0 Å². The van der Waals surface area contributed by atoms with Crippen LogP contribution in [-0.2, 0) is 14.1 Å². The molecule has 4 aromatic heterocycles. The minimum absolute atomic E-state index is 0.117. The van der Waals surface area contributed by atoms with E-state index in [1.807, 2.05) is 14.1 Å². The highest BCUT2D eigenvalue weighted by atomic mass is 35.5. The maximum atomic E-state index is 5.81. The van der Waals surface area contributed by atoms with Crippen molar-refractivity contribution in [2.45, 2.75) is 0 Å². The van der Waals surface area contributed by atoms with Crippen LogP contribution in [0.25, 0.3) is 22.3 Å². The zero-order valence-corrected chi connectivity index (χ0v) is 15.3. The van der Waals surface area contributed by atoms with Crippen LogP contribution < -0.4 is 0 Å². The molecule has 0 fully saturated rings. The van der Waals surface area contributed by atoms with Crippen LogP contribution in [0.4, 0.5) is 0 Å². The first-order valence-electron chi connectivity index (χ1n) is 6.37. The molecule has 0 spiro atoms. The lowest BCUT2D eigenvalue weighted by Gasteiger charge is -1.95. The van der Waals surface area contributed by atoms with Crippen molar-refractivity contribution < 1.29 is 0 Å². The van der Waals surface area contributed by atoms with Crippen molar-refractivity contribution in [3.8, 4) is 0 Å². The maximum Gasteiger partial charge on any atom is 0.225 e. The highest BCUT2D eigenvalue weighted by Gasteiger charge is 2.09. The number of nitrogens with zero attached hydrogens (tertiary/aromatic N) is 8. The standard InChI is InChI=1S/2C6H4Cl2N4/c1-12-2-9-5-3(12)4(7)10-6(8)11-5;1-12-2-9-3-4(7)10-6(8)11-5(3)12/h2*2H,1H3. The van der Waals surface area contributed by atoms with Crippen molar-refractivity contribution in [3.05, 3.63) is 33.5 Å². The second-order valence-corrected chi connectivity index (χ2v) is 6.01. The fraction of sp³-hybridized carbons (Fsp3) is 0.167. The number of hydrogen-bond donors (Lipinski definition) is 0. The number of aromatic nitrogens is 8. The fourth-order valence-electron chi connectivity index (χ4n) is 1.93. The molecule has 0 aliphatic heterocycles. The second-order valence-electron chi connectivity index (χ2n) is 4.62. The summed E-state index contributed by atoms with van der Waals surface area (Å²) in [6.45, 7) is 0. The molecule has 0 unspecified atom stereocenters. The molecule has 4 aromatic rings. The van der Waals surface area contributed by atoms with Crippen molar-refractivity contribution in [2.75, 3.05) is 0 Å². The minimum atomic E-state index is 0.117. The van der Waals surface area contributed by atoms with Gasteiger partial charge in [0, 0.05) is 14.1 Å². The molecule has 24 heavy (non-hydrogen) atoms. The van der Waals surface area contributed by atoms with Gasteiger partial charge in [0.1, 0.15) is 11.0 Å². The fourth-order valence-corrected chi connectivity index (χ4v) is 2.86. The predicted octanol–water partition coefficient (Wildman–Crippen LogP) is 3.34. The normalized spacial score (nSPS) is 10.9. The van der Waals surface area contributed by atoms with Gasteiger partial charge in [0.2, 0.25) is 10.6 Å². The maximum absolute atomic E-state index is 5.81. The Labute approximate surface area is 155 Å². The number of fused-ring (bicyclic) bond motifs is 2. The van der Waals surface area contributed by atoms with Gasteiger partial charge in [-0.3, -0.25) is 0 Å². The van der Waals surface area contributed by atoms with Gasteiger partial charge in [-0.25, -0.2) is 19.9 Å². The van der Waals surface area contributed by atoms with E-state index in [2.05, 4.69) is 29.9 Å². The average Bonchev–Trinajstić information content (AvgIpc) is 3.04. The van der Waals surface area contributed by atoms with Crippen LogP contribution in [0.15, 0.2) is 12.7 Å². The number of hydrogen-bond acceptors (Lipinski definition) is 6. The SMILES string of the molecule is Cn1cnc2c(Cl)nc(Cl)nc21.Cn1cnc2nc(Cl)nc(Cl)c21. The highest BCUT2D eigenvalue weighted by molar-refractivity contribution is 6.35. The Hall–Kier alpha value is -1.74. The summed E-state index contributed by atoms with van der Waals surface area (Å²) in [5.41, 5.74) is 2.42. The lowest BCUT2D eigenvalue weighted by atomic mass is 10.5. The van der Waals surface area contributed by atoms with Gasteiger partial charge in [0.05, 0.1) is 12.7 Å². The molecule has 0 radical (unpaired) electrons. The van der Waals surface area contributed by atoms with E-state index in [1.165, 1.54) is 0 Å². The van der Waals surface area contributed by atoms with Gasteiger partial charge in [-0.1, -0.05) is 23.2 Å². The number of halogens is 4. The van der Waals surface area contributed by atoms with Crippen LogP contribution in [0, 0.1) is 0 Å². The Bertz CT molecular complexity index is 1040. The first-order valence-corrected chi connectivity index (χ1v) is 7.88. The molecule has 0 saturated heterocycles. The molecule has 4 rings (SSSR count). The van der Waals surface area contributed by atoms with Crippen LogP contribution in [0.5, 0.6) is 0 Å². The van der Waals surface area contributed by atoms with E-state index in [9.17, 15) is 0 Å². The summed E-state index contributed by atoms with van der Waals surface area (Å²) in [4.78, 5) is 23.4. The van der Waals surface area contributed by atoms with E-state index in [0.717, 1.165) is 0 Å². The van der Waals surface area contributed by atoms with Gasteiger partial charge in [0.25, 0.3) is 0 Å². The quantitative estimate of drug-likeness (QED) is 0.329. The molecule has 8 nitrogen and oxygen atoms in total. The Morgan fingerprint density at radius 1 is 0.750 bits per heavy atom. The van der Waals surface area contributed by atoms with Crippen molar-refractivity contribution >= 4 is 68.7 Å². The van der Waals surface area contributed by atoms with Crippen LogP contribution in [0.1, 0.15) is 0 Å². The first-order chi connectivity index (χ1) is 11.4. The first kappa shape index (κ1) is 17.1. The summed E-state index contributed by atoms with van der Waals surface area (Å²) in [5, 5.41) is 0.859. The van der Waals surface area contributed by atoms with Crippen molar-refractivity contribution in [2.24, 2.45) is 14.1 Å². The Balaban J connectivity index is 0.000000141. The van der Waals surface area contributed by atoms with E-state index in [1.54, 1.807) is 21.8 Å². The molecule has 0 amide bonds. The number of rotatable bonds is 0. The molecule has 0 saturated carbocycles. The van der Waals surface area contributed by atoms with E-state index < -0.39 is 0 Å². The van der Waals surface area contributed by atoms with E-state index in [0.29, 0.717) is 27.5 Å². The van der Waals surface area contributed by atoms with E-state index >= 15 is 0 Å². The Kier molecular flexibility index (Phi) is 4.73. The zero-order chi connectivity index (χ0) is 17.4. The summed E-state index contributed by atoms with van der Waals surface area (Å²) in [6.07, 6.45) is 3.23.